The summed E-state index contributed by atoms with van der Waals surface area (Å²) in [5.74, 6) is 0. The van der Waals surface area contributed by atoms with Gasteiger partial charge in [0.15, 0.2) is 0 Å². The molecule has 0 radical (unpaired) electrons. The van der Waals surface area contributed by atoms with E-state index in [1.165, 1.54) is 161 Å². The molecular weight excluding hydrogens is 390 g/mol. The highest BCUT2D eigenvalue weighted by Gasteiger charge is 1.94. The Bertz CT molecular complexity index is 256. The maximum absolute atomic E-state index is 8.57. The molecule has 0 unspecified atom stereocenters. The number of unbranched alkanes of at least 4 members (excludes halogenated alkanes) is 24. The maximum Gasteiger partial charge on any atom is 0.0431 e. The van der Waals surface area contributed by atoms with Crippen molar-refractivity contribution >= 4 is 0 Å². The zero-order valence-corrected chi connectivity index (χ0v) is 22.8. The van der Waals surface area contributed by atoms with Crippen LogP contribution in [0.25, 0.3) is 0 Å². The fourth-order valence-electron chi connectivity index (χ4n) is 4.29. The average Bonchev–Trinajstić information content (AvgIpc) is 2.81. The van der Waals surface area contributed by atoms with Gasteiger partial charge in [-0.25, -0.2) is 0 Å². The molecule has 0 heterocycles. The van der Waals surface area contributed by atoms with E-state index in [1.54, 1.807) is 0 Å². The average molecular weight is 456 g/mol. The van der Waals surface area contributed by atoms with Crippen molar-refractivity contribution in [2.45, 2.75) is 181 Å². The van der Waals surface area contributed by atoms with E-state index in [2.05, 4.69) is 13.8 Å². The molecule has 0 fully saturated rings. The molecule has 196 valence electrons. The van der Waals surface area contributed by atoms with Crippen molar-refractivity contribution in [2.75, 3.05) is 13.2 Å². The molecule has 0 aliphatic carbocycles. The first-order chi connectivity index (χ1) is 15.8. The van der Waals surface area contributed by atoms with Crippen molar-refractivity contribution in [1.82, 2.24) is 0 Å². The molecule has 0 aromatic carbocycles. The Hall–Kier alpha value is -0.0800. The molecule has 0 aromatic rings. The van der Waals surface area contributed by atoms with E-state index in [0.717, 1.165) is 13.0 Å². The minimum absolute atomic E-state index is 0.372. The zero-order chi connectivity index (χ0) is 23.8. The molecule has 0 saturated carbocycles. The number of aliphatic hydroxyl groups is 1. The second-order valence-electron chi connectivity index (χ2n) is 10.00. The predicted molar refractivity (Wildman–Crippen MR) is 148 cm³/mol. The number of aliphatic hydroxyl groups excluding tert-OH is 1. The zero-order valence-electron chi connectivity index (χ0n) is 22.8. The summed E-state index contributed by atoms with van der Waals surface area (Å²) in [5.41, 5.74) is 5.48. The molecule has 0 atom stereocenters. The summed E-state index contributed by atoms with van der Waals surface area (Å²) in [4.78, 5) is 0. The van der Waals surface area contributed by atoms with E-state index in [0.29, 0.717) is 6.61 Å². The Morgan fingerprint density at radius 1 is 0.344 bits per heavy atom. The maximum atomic E-state index is 8.57. The van der Waals surface area contributed by atoms with Gasteiger partial charge in [0.1, 0.15) is 0 Å². The van der Waals surface area contributed by atoms with Gasteiger partial charge in [-0.15, -0.1) is 0 Å². The lowest BCUT2D eigenvalue weighted by atomic mass is 10.0. The normalized spacial score (nSPS) is 10.9. The van der Waals surface area contributed by atoms with Gasteiger partial charge in [-0.1, -0.05) is 168 Å². The molecule has 0 saturated heterocycles. The standard InChI is InChI=1S/C18H39N.C12H26O/c1-2-3-4-5-6-7-8-9-10-11-12-13-14-15-16-17-18-19;1-2-3-4-5-6-7-8-9-10-11-12-13/h2-19H2,1H3;13H,2-12H2,1H3. The molecule has 0 rings (SSSR count). The van der Waals surface area contributed by atoms with Gasteiger partial charge in [-0.05, 0) is 19.4 Å². The molecule has 0 aliphatic rings. The van der Waals surface area contributed by atoms with Crippen LogP contribution in [0.15, 0.2) is 0 Å². The second kappa shape index (κ2) is 35.5. The Labute approximate surface area is 204 Å². The van der Waals surface area contributed by atoms with Crippen molar-refractivity contribution in [3.8, 4) is 0 Å². The van der Waals surface area contributed by atoms with Gasteiger partial charge < -0.3 is 10.8 Å². The summed E-state index contributed by atoms with van der Waals surface area (Å²) in [7, 11) is 0. The van der Waals surface area contributed by atoms with Gasteiger partial charge in [0.05, 0.1) is 0 Å². The molecule has 3 N–H and O–H groups in total. The van der Waals surface area contributed by atoms with Crippen molar-refractivity contribution in [1.29, 1.82) is 0 Å². The van der Waals surface area contributed by atoms with E-state index in [1.807, 2.05) is 0 Å². The van der Waals surface area contributed by atoms with Crippen LogP contribution in [0.5, 0.6) is 0 Å². The highest BCUT2D eigenvalue weighted by atomic mass is 16.2. The van der Waals surface area contributed by atoms with Crippen molar-refractivity contribution < 1.29 is 5.11 Å². The molecule has 2 nitrogen and oxygen atoms in total. The lowest BCUT2D eigenvalue weighted by Crippen LogP contribution is -1.97. The Kier molecular flexibility index (Phi) is 37.8. The van der Waals surface area contributed by atoms with Gasteiger partial charge in [-0.2, -0.15) is 0 Å². The number of hydrogen-bond donors (Lipinski definition) is 2. The fraction of sp³-hybridized carbons (Fsp3) is 1.00. The fourth-order valence-corrected chi connectivity index (χ4v) is 4.29. The Morgan fingerprint density at radius 3 is 0.781 bits per heavy atom. The summed E-state index contributed by atoms with van der Waals surface area (Å²) in [6.45, 7) is 5.79. The van der Waals surface area contributed by atoms with Crippen LogP contribution in [0.2, 0.25) is 0 Å². The highest BCUT2D eigenvalue weighted by molar-refractivity contribution is 4.50. The molecule has 0 amide bonds. The summed E-state index contributed by atoms with van der Waals surface area (Å²) in [6, 6.07) is 0. The Morgan fingerprint density at radius 2 is 0.562 bits per heavy atom. The second-order valence-corrected chi connectivity index (χ2v) is 10.00. The van der Waals surface area contributed by atoms with E-state index in [4.69, 9.17) is 10.8 Å². The Balaban J connectivity index is 0. The largest absolute Gasteiger partial charge is 0.396 e. The monoisotopic (exact) mass is 456 g/mol. The van der Waals surface area contributed by atoms with Gasteiger partial charge >= 0.3 is 0 Å². The quantitative estimate of drug-likeness (QED) is 0.127. The van der Waals surface area contributed by atoms with Crippen molar-refractivity contribution in [3.63, 3.8) is 0 Å². The van der Waals surface area contributed by atoms with Crippen LogP contribution in [0, 0.1) is 0 Å². The molecule has 0 spiro atoms. The van der Waals surface area contributed by atoms with Gasteiger partial charge in [-0.3, -0.25) is 0 Å². The summed E-state index contributed by atoms with van der Waals surface area (Å²) in [5, 5.41) is 8.57. The van der Waals surface area contributed by atoms with Crippen LogP contribution in [-0.2, 0) is 0 Å². The third kappa shape index (κ3) is 37.2. The van der Waals surface area contributed by atoms with Gasteiger partial charge in [0.2, 0.25) is 0 Å². The first-order valence-electron chi connectivity index (χ1n) is 15.1. The van der Waals surface area contributed by atoms with Crippen LogP contribution >= 0.6 is 0 Å². The minimum atomic E-state index is 0.372. The molecule has 2 heteroatoms. The first kappa shape index (κ1) is 34.1. The van der Waals surface area contributed by atoms with E-state index >= 15 is 0 Å². The number of nitrogens with two attached hydrogens (primary N) is 1. The minimum Gasteiger partial charge on any atom is -0.396 e. The van der Waals surface area contributed by atoms with Crippen molar-refractivity contribution in [2.24, 2.45) is 5.73 Å². The highest BCUT2D eigenvalue weighted by Crippen LogP contribution is 2.13. The smallest absolute Gasteiger partial charge is 0.0431 e. The summed E-state index contributed by atoms with van der Waals surface area (Å²) >= 11 is 0. The van der Waals surface area contributed by atoms with Crippen molar-refractivity contribution in [3.05, 3.63) is 0 Å². The third-order valence-corrected chi connectivity index (χ3v) is 6.57. The third-order valence-electron chi connectivity index (χ3n) is 6.57. The number of hydrogen-bond acceptors (Lipinski definition) is 2. The van der Waals surface area contributed by atoms with Crippen LogP contribution in [0.4, 0.5) is 0 Å². The number of rotatable bonds is 26. The molecule has 0 aromatic heterocycles. The lowest BCUT2D eigenvalue weighted by Gasteiger charge is -2.03. The van der Waals surface area contributed by atoms with Crippen LogP contribution in [0.1, 0.15) is 181 Å². The lowest BCUT2D eigenvalue weighted by molar-refractivity contribution is 0.282. The SMILES string of the molecule is CCCCCCCCCCCCCCCCCCN.CCCCCCCCCCCCO. The van der Waals surface area contributed by atoms with Gasteiger partial charge in [0.25, 0.3) is 0 Å². The molecule has 0 bridgehead atoms. The van der Waals surface area contributed by atoms with E-state index in [9.17, 15) is 0 Å². The first-order valence-corrected chi connectivity index (χ1v) is 15.1. The molecule has 0 aliphatic heterocycles. The van der Waals surface area contributed by atoms with Crippen LogP contribution in [-0.4, -0.2) is 18.3 Å². The van der Waals surface area contributed by atoms with Gasteiger partial charge in [0, 0.05) is 6.61 Å². The molecular formula is C30H65NO. The topological polar surface area (TPSA) is 46.2 Å². The van der Waals surface area contributed by atoms with E-state index < -0.39 is 0 Å². The molecule has 32 heavy (non-hydrogen) atoms. The van der Waals surface area contributed by atoms with Crippen LogP contribution < -0.4 is 5.73 Å². The summed E-state index contributed by atoms with van der Waals surface area (Å²) in [6.07, 6.45) is 36.2. The summed E-state index contributed by atoms with van der Waals surface area (Å²) < 4.78 is 0. The van der Waals surface area contributed by atoms with E-state index in [-0.39, 0.29) is 0 Å². The van der Waals surface area contributed by atoms with Crippen LogP contribution in [0.3, 0.4) is 0 Å². The predicted octanol–water partition coefficient (Wildman–Crippen LogP) is 10.1.